The van der Waals surface area contributed by atoms with E-state index in [1.54, 1.807) is 0 Å². The second-order valence-electron chi connectivity index (χ2n) is 25.8. The highest BCUT2D eigenvalue weighted by Crippen LogP contribution is 2.45. The Morgan fingerprint density at radius 3 is 0.741 bits per heavy atom. The molecule has 0 aliphatic heterocycles. The summed E-state index contributed by atoms with van der Waals surface area (Å²) in [6, 6.07) is 0. The third-order valence-corrected chi connectivity index (χ3v) is 17.6. The second kappa shape index (κ2) is 78.8. The van der Waals surface area contributed by atoms with Crippen LogP contribution in [-0.4, -0.2) is 96.7 Å². The zero-order valence-electron chi connectivity index (χ0n) is 66.4. The number of unbranched alkanes of at least 4 members (excludes halogenated alkanes) is 13. The average molecular weight is 1540 g/mol. The minimum atomic E-state index is -5.01. The van der Waals surface area contributed by atoms with Crippen molar-refractivity contribution < 1.29 is 80.2 Å². The Balaban J connectivity index is 5.52. The van der Waals surface area contributed by atoms with Gasteiger partial charge in [-0.1, -0.05) is 273 Å². The molecular formula is C89H140O17P2. The molecule has 0 aromatic heterocycles. The highest BCUT2D eigenvalue weighted by molar-refractivity contribution is 7.47. The molecule has 0 bridgehead atoms. The van der Waals surface area contributed by atoms with Gasteiger partial charge in [-0.2, -0.15) is 0 Å². The van der Waals surface area contributed by atoms with Crippen LogP contribution in [0, 0.1) is 0 Å². The lowest BCUT2D eigenvalue weighted by atomic mass is 10.1. The maximum atomic E-state index is 13.1. The number of hydrogen-bond donors (Lipinski definition) is 3. The Labute approximate surface area is 652 Å². The second-order valence-corrected chi connectivity index (χ2v) is 28.7. The van der Waals surface area contributed by atoms with Crippen molar-refractivity contribution in [3.63, 3.8) is 0 Å². The van der Waals surface area contributed by atoms with Crippen LogP contribution in [0.2, 0.25) is 0 Å². The van der Waals surface area contributed by atoms with Crippen LogP contribution >= 0.6 is 15.6 Å². The van der Waals surface area contributed by atoms with Gasteiger partial charge in [0.15, 0.2) is 12.2 Å². The predicted octanol–water partition coefficient (Wildman–Crippen LogP) is 23.9. The predicted molar refractivity (Wildman–Crippen MR) is 445 cm³/mol. The highest BCUT2D eigenvalue weighted by Gasteiger charge is 2.30. The quantitative estimate of drug-likeness (QED) is 0.0169. The van der Waals surface area contributed by atoms with Crippen molar-refractivity contribution in [2.45, 2.75) is 290 Å². The van der Waals surface area contributed by atoms with Crippen LogP contribution in [0.25, 0.3) is 0 Å². The zero-order chi connectivity index (χ0) is 78.9. The molecule has 0 aromatic rings. The molecule has 0 saturated heterocycles. The normalized spacial score (nSPS) is 14.9. The van der Waals surface area contributed by atoms with Crippen molar-refractivity contribution in [3.05, 3.63) is 207 Å². The Kier molecular flexibility index (Phi) is 74.1. The number of aliphatic hydroxyl groups excluding tert-OH is 1. The highest BCUT2D eigenvalue weighted by atomic mass is 31.2. The first-order valence-electron chi connectivity index (χ1n) is 40.3. The van der Waals surface area contributed by atoms with E-state index in [2.05, 4.69) is 222 Å². The molecule has 5 atom stereocenters. The topological polar surface area (TPSA) is 237 Å². The summed E-state index contributed by atoms with van der Waals surface area (Å²) in [6.07, 6.45) is 98.1. The van der Waals surface area contributed by atoms with Crippen LogP contribution in [0.4, 0.5) is 0 Å². The van der Waals surface area contributed by atoms with E-state index in [1.165, 1.54) is 0 Å². The Morgan fingerprint density at radius 1 is 0.259 bits per heavy atom. The van der Waals surface area contributed by atoms with E-state index >= 15 is 0 Å². The lowest BCUT2D eigenvalue weighted by Crippen LogP contribution is -2.30. The van der Waals surface area contributed by atoms with Crippen LogP contribution < -0.4 is 0 Å². The SMILES string of the molecule is CC/C=C\C/C=C\C/C=C\C/C=C\C/C=C\CCCCCC(=O)OCC(COP(=O)(O)OCC(O)COP(=O)(O)OCC(COC(=O)CCC/C=C\C/C=C\C/C=C\C/C=C\C/C=C\CC)OC(=O)CCCCCC/C=C\C/C=C\C/C=C\C/C=C\CC)OC(=O)CCCCCCC/C=C\C/C=C\C/C=C\CC. The summed E-state index contributed by atoms with van der Waals surface area (Å²) in [5, 5.41) is 10.7. The van der Waals surface area contributed by atoms with Gasteiger partial charge in [-0.3, -0.25) is 37.3 Å². The largest absolute Gasteiger partial charge is 0.472 e. The summed E-state index contributed by atoms with van der Waals surface area (Å²) < 4.78 is 68.6. The molecule has 0 saturated carbocycles. The maximum Gasteiger partial charge on any atom is 0.472 e. The summed E-state index contributed by atoms with van der Waals surface area (Å²) in [6.45, 7) is 4.24. The average Bonchev–Trinajstić information content (AvgIpc) is 0.901. The van der Waals surface area contributed by atoms with Crippen LogP contribution in [0.5, 0.6) is 0 Å². The first kappa shape index (κ1) is 102. The van der Waals surface area contributed by atoms with Crippen molar-refractivity contribution in [1.29, 1.82) is 0 Å². The van der Waals surface area contributed by atoms with E-state index in [4.69, 9.17) is 37.0 Å². The first-order valence-corrected chi connectivity index (χ1v) is 43.3. The number of phosphoric ester groups is 2. The number of phosphoric acid groups is 2. The Bertz CT molecular complexity index is 2860. The smallest absolute Gasteiger partial charge is 0.462 e. The summed E-state index contributed by atoms with van der Waals surface area (Å²) in [7, 11) is -10.0. The molecule has 5 unspecified atom stereocenters. The van der Waals surface area contributed by atoms with Gasteiger partial charge in [-0.25, -0.2) is 9.13 Å². The van der Waals surface area contributed by atoms with Gasteiger partial charge in [0, 0.05) is 25.7 Å². The number of rotatable bonds is 73. The molecule has 608 valence electrons. The fourth-order valence-corrected chi connectivity index (χ4v) is 11.3. The number of allylic oxidation sites excluding steroid dienone is 34. The number of esters is 4. The van der Waals surface area contributed by atoms with E-state index < -0.39 is 97.5 Å². The van der Waals surface area contributed by atoms with E-state index in [0.29, 0.717) is 32.1 Å². The molecule has 0 heterocycles. The molecule has 0 rings (SSSR count). The van der Waals surface area contributed by atoms with Gasteiger partial charge in [-0.15, -0.1) is 0 Å². The van der Waals surface area contributed by atoms with Crippen molar-refractivity contribution in [2.75, 3.05) is 39.6 Å². The van der Waals surface area contributed by atoms with Crippen molar-refractivity contribution in [1.82, 2.24) is 0 Å². The molecule has 108 heavy (non-hydrogen) atoms. The standard InChI is InChI=1S/C89H140O17P2/c1-5-9-13-17-21-25-29-33-37-40-41-44-47-50-54-58-62-66-70-74-87(92)100-79-84(105-88(93)75-71-67-63-59-55-51-45-36-32-28-24-20-16-12-8-4)81-103-107(95,96)101-77-83(90)78-102-108(97,98)104-82-85(106-89(94)76-72-68-64-60-56-52-48-43-39-35-31-27-23-19-15-11-7-3)80-99-86(91)73-69-65-61-57-53-49-46-42-38-34-30-26-22-18-14-10-6-2/h9-16,21-28,33-39,41,44-46,48-50,52,54,57,61,83-85,90H,5-8,17-20,29-32,40,42-43,47,51,53,55-56,58-60,62-82H2,1-4H3,(H,95,96)(H,97,98)/b13-9-,14-10-,15-11-,16-12-,25-21-,26-22-,27-23-,28-24-,37-33-,38-34-,39-35-,44-41-,45-36-,49-46-,52-48-,54-50-,61-57-. The molecule has 0 aliphatic carbocycles. The minimum absolute atomic E-state index is 0.0448. The third kappa shape index (κ3) is 77.8. The zero-order valence-corrected chi connectivity index (χ0v) is 68.2. The van der Waals surface area contributed by atoms with E-state index in [1.807, 2.05) is 12.2 Å². The minimum Gasteiger partial charge on any atom is -0.462 e. The number of ether oxygens (including phenoxy) is 4. The van der Waals surface area contributed by atoms with Gasteiger partial charge in [0.1, 0.15) is 19.3 Å². The van der Waals surface area contributed by atoms with Gasteiger partial charge in [-0.05, 0) is 180 Å². The molecule has 0 aliphatic rings. The number of carbonyl (C=O) groups is 4. The first-order chi connectivity index (χ1) is 52.7. The fraction of sp³-hybridized carbons (Fsp3) is 0.573. The van der Waals surface area contributed by atoms with Crippen LogP contribution in [-0.2, 0) is 65.4 Å². The third-order valence-electron chi connectivity index (χ3n) is 15.7. The Hall–Kier alpha value is -6.36. The molecule has 3 N–H and O–H groups in total. The summed E-state index contributed by atoms with van der Waals surface area (Å²) in [5.41, 5.74) is 0. The lowest BCUT2D eigenvalue weighted by molar-refractivity contribution is -0.161. The van der Waals surface area contributed by atoms with E-state index in [9.17, 15) is 43.2 Å². The summed E-state index contributed by atoms with van der Waals surface area (Å²) in [4.78, 5) is 73.1. The van der Waals surface area contributed by atoms with Crippen LogP contribution in [0.3, 0.4) is 0 Å². The van der Waals surface area contributed by atoms with E-state index in [-0.39, 0.29) is 25.7 Å². The molecule has 0 fully saturated rings. The lowest BCUT2D eigenvalue weighted by Gasteiger charge is -2.21. The fourth-order valence-electron chi connectivity index (χ4n) is 9.76. The maximum absolute atomic E-state index is 13.1. The molecule has 17 nitrogen and oxygen atoms in total. The number of aliphatic hydroxyl groups is 1. The Morgan fingerprint density at radius 2 is 0.463 bits per heavy atom. The molecule has 19 heteroatoms. The van der Waals surface area contributed by atoms with Crippen molar-refractivity contribution >= 4 is 39.5 Å². The molecule has 0 amide bonds. The van der Waals surface area contributed by atoms with Gasteiger partial charge in [0.2, 0.25) is 0 Å². The van der Waals surface area contributed by atoms with Gasteiger partial charge in [0.25, 0.3) is 0 Å². The monoisotopic (exact) mass is 1540 g/mol. The molecule has 0 aromatic carbocycles. The van der Waals surface area contributed by atoms with Gasteiger partial charge >= 0.3 is 39.5 Å². The van der Waals surface area contributed by atoms with Gasteiger partial charge < -0.3 is 33.8 Å². The van der Waals surface area contributed by atoms with Crippen molar-refractivity contribution in [2.24, 2.45) is 0 Å². The molecule has 0 spiro atoms. The van der Waals surface area contributed by atoms with Crippen LogP contribution in [0.15, 0.2) is 207 Å². The summed E-state index contributed by atoms with van der Waals surface area (Å²) >= 11 is 0. The summed E-state index contributed by atoms with van der Waals surface area (Å²) in [5.74, 6) is -2.35. The van der Waals surface area contributed by atoms with Gasteiger partial charge in [0.05, 0.1) is 26.4 Å². The molecule has 0 radical (unpaired) electrons. The number of carbonyl (C=O) groups excluding carboxylic acids is 4. The van der Waals surface area contributed by atoms with Crippen LogP contribution in [0.1, 0.15) is 272 Å². The van der Waals surface area contributed by atoms with E-state index in [0.717, 1.165) is 186 Å². The van der Waals surface area contributed by atoms with Crippen molar-refractivity contribution in [3.8, 4) is 0 Å². The molecular weight excluding hydrogens is 1400 g/mol. The number of hydrogen-bond acceptors (Lipinski definition) is 15.